The van der Waals surface area contributed by atoms with Crippen molar-refractivity contribution in [3.05, 3.63) is 28.2 Å². The Balaban J connectivity index is 2.75. The minimum Gasteiger partial charge on any atom is -0.481 e. The van der Waals surface area contributed by atoms with E-state index in [1.165, 1.54) is 6.92 Å². The quantitative estimate of drug-likeness (QED) is 0.784. The molecule has 3 N–H and O–H groups in total. The predicted molar refractivity (Wildman–Crippen MR) is 77.3 cm³/mol. The number of carboxylic acid groups (broad SMARTS) is 1. The van der Waals surface area contributed by atoms with E-state index in [9.17, 15) is 9.59 Å². The number of nitrogens with zero attached hydrogens (tertiary/aromatic N) is 1. The SMILES string of the molecule is CC(NC(=O)Nc1cc(Br)ccc1C#N)C(C)C(=O)O. The van der Waals surface area contributed by atoms with Gasteiger partial charge in [-0.2, -0.15) is 5.26 Å². The Morgan fingerprint density at radius 1 is 1.40 bits per heavy atom. The number of carbonyl (C=O) groups is 2. The van der Waals surface area contributed by atoms with Crippen LogP contribution in [0.25, 0.3) is 0 Å². The van der Waals surface area contributed by atoms with E-state index in [1.54, 1.807) is 25.1 Å². The fraction of sp³-hybridized carbons (Fsp3) is 0.308. The van der Waals surface area contributed by atoms with Crippen molar-refractivity contribution < 1.29 is 14.7 Å². The molecule has 0 aliphatic carbocycles. The summed E-state index contributed by atoms with van der Waals surface area (Å²) in [6, 6.07) is 5.74. The van der Waals surface area contributed by atoms with Gasteiger partial charge in [0.05, 0.1) is 17.2 Å². The van der Waals surface area contributed by atoms with Crippen LogP contribution in [0.15, 0.2) is 22.7 Å². The molecule has 0 radical (unpaired) electrons. The van der Waals surface area contributed by atoms with Crippen molar-refractivity contribution >= 4 is 33.6 Å². The molecule has 0 aromatic heterocycles. The van der Waals surface area contributed by atoms with E-state index < -0.39 is 24.0 Å². The molecule has 2 atom stereocenters. The summed E-state index contributed by atoms with van der Waals surface area (Å²) >= 11 is 3.25. The first-order valence-electron chi connectivity index (χ1n) is 5.85. The van der Waals surface area contributed by atoms with E-state index in [0.717, 1.165) is 4.47 Å². The molecule has 106 valence electrons. The molecule has 0 aliphatic heterocycles. The lowest BCUT2D eigenvalue weighted by Gasteiger charge is -2.18. The largest absolute Gasteiger partial charge is 0.481 e. The lowest BCUT2D eigenvalue weighted by molar-refractivity contribution is -0.141. The molecule has 7 heteroatoms. The van der Waals surface area contributed by atoms with Gasteiger partial charge >= 0.3 is 12.0 Å². The van der Waals surface area contributed by atoms with Crippen molar-refractivity contribution in [3.8, 4) is 6.07 Å². The number of nitriles is 1. The summed E-state index contributed by atoms with van der Waals surface area (Å²) in [7, 11) is 0. The van der Waals surface area contributed by atoms with Crippen LogP contribution in [-0.2, 0) is 4.79 Å². The monoisotopic (exact) mass is 339 g/mol. The zero-order valence-electron chi connectivity index (χ0n) is 11.0. The number of aliphatic carboxylic acids is 1. The Bertz CT molecular complexity index is 568. The van der Waals surface area contributed by atoms with Crippen LogP contribution in [0.2, 0.25) is 0 Å². The third-order valence-corrected chi connectivity index (χ3v) is 3.34. The lowest BCUT2D eigenvalue weighted by Crippen LogP contribution is -2.42. The third-order valence-electron chi connectivity index (χ3n) is 2.85. The molecule has 0 bridgehead atoms. The van der Waals surface area contributed by atoms with Gasteiger partial charge in [0, 0.05) is 10.5 Å². The lowest BCUT2D eigenvalue weighted by atomic mass is 10.0. The first-order valence-corrected chi connectivity index (χ1v) is 6.64. The van der Waals surface area contributed by atoms with E-state index in [2.05, 4.69) is 26.6 Å². The fourth-order valence-electron chi connectivity index (χ4n) is 1.42. The van der Waals surface area contributed by atoms with Crippen LogP contribution in [0.4, 0.5) is 10.5 Å². The molecular weight excluding hydrogens is 326 g/mol. The van der Waals surface area contributed by atoms with E-state index >= 15 is 0 Å². The summed E-state index contributed by atoms with van der Waals surface area (Å²) in [6.45, 7) is 3.11. The van der Waals surface area contributed by atoms with Gasteiger partial charge in [-0.05, 0) is 32.0 Å². The van der Waals surface area contributed by atoms with Crippen LogP contribution in [-0.4, -0.2) is 23.1 Å². The minimum absolute atomic E-state index is 0.322. The molecule has 0 aliphatic rings. The fourth-order valence-corrected chi connectivity index (χ4v) is 1.78. The zero-order chi connectivity index (χ0) is 15.3. The first-order chi connectivity index (χ1) is 9.35. The van der Waals surface area contributed by atoms with E-state index in [0.29, 0.717) is 11.3 Å². The topological polar surface area (TPSA) is 102 Å². The molecule has 1 aromatic carbocycles. The molecule has 1 aromatic rings. The van der Waals surface area contributed by atoms with Crippen LogP contribution in [0, 0.1) is 17.2 Å². The van der Waals surface area contributed by atoms with Crippen molar-refractivity contribution in [2.45, 2.75) is 19.9 Å². The van der Waals surface area contributed by atoms with Gasteiger partial charge in [-0.3, -0.25) is 4.79 Å². The van der Waals surface area contributed by atoms with Gasteiger partial charge in [0.15, 0.2) is 0 Å². The summed E-state index contributed by atoms with van der Waals surface area (Å²) < 4.78 is 0.721. The van der Waals surface area contributed by atoms with Crippen molar-refractivity contribution in [2.75, 3.05) is 5.32 Å². The van der Waals surface area contributed by atoms with Crippen molar-refractivity contribution in [1.82, 2.24) is 5.32 Å². The van der Waals surface area contributed by atoms with Crippen LogP contribution in [0.1, 0.15) is 19.4 Å². The first kappa shape index (κ1) is 16.0. The van der Waals surface area contributed by atoms with Gasteiger partial charge in [0.25, 0.3) is 0 Å². The highest BCUT2D eigenvalue weighted by Gasteiger charge is 2.21. The number of hydrogen-bond donors (Lipinski definition) is 3. The van der Waals surface area contributed by atoms with Crippen LogP contribution < -0.4 is 10.6 Å². The average molecular weight is 340 g/mol. The Morgan fingerprint density at radius 2 is 2.05 bits per heavy atom. The van der Waals surface area contributed by atoms with Gasteiger partial charge in [-0.25, -0.2) is 4.79 Å². The van der Waals surface area contributed by atoms with Crippen molar-refractivity contribution in [1.29, 1.82) is 5.26 Å². The number of anilines is 1. The highest BCUT2D eigenvalue weighted by molar-refractivity contribution is 9.10. The molecular formula is C13H14BrN3O3. The molecule has 1 rings (SSSR count). The number of benzene rings is 1. The molecule has 2 unspecified atom stereocenters. The molecule has 6 nitrogen and oxygen atoms in total. The maximum Gasteiger partial charge on any atom is 0.319 e. The third kappa shape index (κ3) is 4.24. The molecule has 0 saturated heterocycles. The number of urea groups is 1. The Kier molecular flexibility index (Phi) is 5.53. The Labute approximate surface area is 124 Å². The number of rotatable bonds is 4. The van der Waals surface area contributed by atoms with E-state index in [1.807, 2.05) is 6.07 Å². The number of nitrogens with one attached hydrogen (secondary N) is 2. The van der Waals surface area contributed by atoms with Gasteiger partial charge < -0.3 is 15.7 Å². The van der Waals surface area contributed by atoms with Crippen LogP contribution in [0.5, 0.6) is 0 Å². The van der Waals surface area contributed by atoms with Gasteiger partial charge in [0.1, 0.15) is 6.07 Å². The smallest absolute Gasteiger partial charge is 0.319 e. The molecule has 2 amide bonds. The second-order valence-corrected chi connectivity index (χ2v) is 5.23. The average Bonchev–Trinajstić information content (AvgIpc) is 2.37. The number of hydrogen-bond acceptors (Lipinski definition) is 3. The molecule has 20 heavy (non-hydrogen) atoms. The summed E-state index contributed by atoms with van der Waals surface area (Å²) in [5.74, 6) is -1.70. The van der Waals surface area contributed by atoms with E-state index in [4.69, 9.17) is 10.4 Å². The maximum atomic E-state index is 11.8. The van der Waals surface area contributed by atoms with Crippen molar-refractivity contribution in [2.24, 2.45) is 5.92 Å². The van der Waals surface area contributed by atoms with Gasteiger partial charge in [0.2, 0.25) is 0 Å². The van der Waals surface area contributed by atoms with E-state index in [-0.39, 0.29) is 0 Å². The summed E-state index contributed by atoms with van der Waals surface area (Å²) in [5, 5.41) is 22.9. The maximum absolute atomic E-state index is 11.8. The minimum atomic E-state index is -0.988. The summed E-state index contributed by atoms with van der Waals surface area (Å²) in [5.41, 5.74) is 0.678. The second-order valence-electron chi connectivity index (χ2n) is 4.32. The molecule has 0 heterocycles. The summed E-state index contributed by atoms with van der Waals surface area (Å²) in [4.78, 5) is 22.6. The normalized spacial score (nSPS) is 12.9. The van der Waals surface area contributed by atoms with Crippen LogP contribution in [0.3, 0.4) is 0 Å². The van der Waals surface area contributed by atoms with Crippen LogP contribution >= 0.6 is 15.9 Å². The highest BCUT2D eigenvalue weighted by Crippen LogP contribution is 2.20. The Hall–Kier alpha value is -2.07. The number of carbonyl (C=O) groups excluding carboxylic acids is 1. The number of carboxylic acids is 1. The van der Waals surface area contributed by atoms with Gasteiger partial charge in [-0.1, -0.05) is 15.9 Å². The second kappa shape index (κ2) is 6.91. The number of amides is 2. The Morgan fingerprint density at radius 3 is 2.60 bits per heavy atom. The predicted octanol–water partition coefficient (Wildman–Crippen LogP) is 2.55. The standard InChI is InChI=1S/C13H14BrN3O3/c1-7(12(18)19)8(2)16-13(20)17-11-5-10(14)4-3-9(11)6-15/h3-5,7-8H,1-2H3,(H,18,19)(H2,16,17,20). The molecule has 0 spiro atoms. The zero-order valence-corrected chi connectivity index (χ0v) is 12.6. The summed E-state index contributed by atoms with van der Waals surface area (Å²) in [6.07, 6.45) is 0. The molecule has 0 saturated carbocycles. The number of halogens is 1. The van der Waals surface area contributed by atoms with Gasteiger partial charge in [-0.15, -0.1) is 0 Å². The molecule has 0 fully saturated rings. The highest BCUT2D eigenvalue weighted by atomic mass is 79.9. The van der Waals surface area contributed by atoms with Crippen molar-refractivity contribution in [3.63, 3.8) is 0 Å².